The van der Waals surface area contributed by atoms with Gasteiger partial charge in [-0.15, -0.1) is 0 Å². The monoisotopic (exact) mass is 204 g/mol. The molecular formula is C9H10F2OS. The highest BCUT2D eigenvalue weighted by atomic mass is 32.2. The van der Waals surface area contributed by atoms with Crippen molar-refractivity contribution in [2.24, 2.45) is 0 Å². The lowest BCUT2D eigenvalue weighted by Crippen LogP contribution is -1.90. The molecule has 0 aliphatic rings. The second-order valence-electron chi connectivity index (χ2n) is 2.62. The molecule has 1 aromatic carbocycles. The molecule has 0 aromatic heterocycles. The van der Waals surface area contributed by atoms with Gasteiger partial charge < -0.3 is 5.11 Å². The van der Waals surface area contributed by atoms with Gasteiger partial charge in [-0.3, -0.25) is 0 Å². The smallest absolute Gasteiger partial charge is 0.288 e. The number of hydrogen-bond donors (Lipinski definition) is 1. The van der Waals surface area contributed by atoms with Crippen molar-refractivity contribution >= 4 is 11.8 Å². The lowest BCUT2D eigenvalue weighted by molar-refractivity contribution is 0.199. The average Bonchev–Trinajstić information content (AvgIpc) is 2.04. The predicted molar refractivity (Wildman–Crippen MR) is 48.9 cm³/mol. The van der Waals surface area contributed by atoms with E-state index >= 15 is 0 Å². The third-order valence-electron chi connectivity index (χ3n) is 1.59. The van der Waals surface area contributed by atoms with Gasteiger partial charge in [0.05, 0.1) is 6.10 Å². The van der Waals surface area contributed by atoms with Crippen molar-refractivity contribution in [2.75, 3.05) is 0 Å². The van der Waals surface area contributed by atoms with E-state index in [4.69, 9.17) is 5.11 Å². The largest absolute Gasteiger partial charge is 0.389 e. The summed E-state index contributed by atoms with van der Waals surface area (Å²) in [5.41, 5.74) is 0.735. The third kappa shape index (κ3) is 3.32. The molecule has 0 bridgehead atoms. The minimum absolute atomic E-state index is 0.504. The number of hydrogen-bond acceptors (Lipinski definition) is 2. The second kappa shape index (κ2) is 4.58. The maximum atomic E-state index is 11.9. The number of aliphatic hydroxyl groups is 1. The molecule has 0 fully saturated rings. The Labute approximate surface area is 79.8 Å². The zero-order valence-corrected chi connectivity index (χ0v) is 7.89. The highest BCUT2D eigenvalue weighted by Crippen LogP contribution is 2.26. The van der Waals surface area contributed by atoms with Gasteiger partial charge in [-0.05, 0) is 24.6 Å². The van der Waals surface area contributed by atoms with Gasteiger partial charge in [-0.25, -0.2) is 0 Å². The first kappa shape index (κ1) is 10.5. The van der Waals surface area contributed by atoms with Crippen molar-refractivity contribution < 1.29 is 13.9 Å². The summed E-state index contributed by atoms with van der Waals surface area (Å²) in [6.07, 6.45) is -0.550. The minimum Gasteiger partial charge on any atom is -0.389 e. The molecule has 1 atom stereocenters. The number of halogens is 2. The summed E-state index contributed by atoms with van der Waals surface area (Å²) >= 11 is 0.504. The molecule has 0 unspecified atom stereocenters. The molecule has 0 radical (unpaired) electrons. The van der Waals surface area contributed by atoms with Crippen molar-refractivity contribution in [3.8, 4) is 0 Å². The highest BCUT2D eigenvalue weighted by molar-refractivity contribution is 7.99. The Morgan fingerprint density at radius 1 is 1.23 bits per heavy atom. The molecule has 4 heteroatoms. The van der Waals surface area contributed by atoms with Crippen LogP contribution in [0.1, 0.15) is 18.6 Å². The summed E-state index contributed by atoms with van der Waals surface area (Å²) in [4.78, 5) is 0.513. The van der Waals surface area contributed by atoms with Gasteiger partial charge in [-0.2, -0.15) is 8.78 Å². The minimum atomic E-state index is -2.39. The molecule has 13 heavy (non-hydrogen) atoms. The summed E-state index contributed by atoms with van der Waals surface area (Å²) in [5, 5.41) is 9.14. The summed E-state index contributed by atoms with van der Waals surface area (Å²) in [7, 11) is 0. The molecule has 1 rings (SSSR count). The Bertz CT molecular complexity index is 259. The molecule has 0 saturated carbocycles. The Morgan fingerprint density at radius 3 is 2.15 bits per heavy atom. The van der Waals surface area contributed by atoms with E-state index in [9.17, 15) is 8.78 Å². The number of benzene rings is 1. The summed E-state index contributed by atoms with van der Waals surface area (Å²) in [6, 6.07) is 6.46. The fourth-order valence-electron chi connectivity index (χ4n) is 0.928. The summed E-state index contributed by atoms with van der Waals surface area (Å²) in [5.74, 6) is -2.39. The molecule has 0 aliphatic carbocycles. The predicted octanol–water partition coefficient (Wildman–Crippen LogP) is 3.05. The van der Waals surface area contributed by atoms with E-state index in [0.717, 1.165) is 5.56 Å². The first-order valence-electron chi connectivity index (χ1n) is 3.82. The van der Waals surface area contributed by atoms with E-state index in [2.05, 4.69) is 0 Å². The SMILES string of the molecule is C[C@@H](O)c1ccc(SC(F)F)cc1. The fourth-order valence-corrected chi connectivity index (χ4v) is 1.43. The standard InChI is InChI=1S/C9H10F2OS/c1-6(12)7-2-4-8(5-3-7)13-9(10)11/h2-6,9,12H,1H3/t6-/m1/s1. The van der Waals surface area contributed by atoms with Crippen molar-refractivity contribution in [1.82, 2.24) is 0 Å². The lowest BCUT2D eigenvalue weighted by atomic mass is 10.1. The number of alkyl halides is 2. The van der Waals surface area contributed by atoms with Crippen LogP contribution >= 0.6 is 11.8 Å². The lowest BCUT2D eigenvalue weighted by Gasteiger charge is -2.05. The molecular weight excluding hydrogens is 194 g/mol. The first-order valence-corrected chi connectivity index (χ1v) is 4.70. The van der Waals surface area contributed by atoms with Crippen LogP contribution in [0.25, 0.3) is 0 Å². The van der Waals surface area contributed by atoms with E-state index in [-0.39, 0.29) is 0 Å². The molecule has 0 saturated heterocycles. The molecule has 1 nitrogen and oxygen atoms in total. The van der Waals surface area contributed by atoms with E-state index in [1.165, 1.54) is 0 Å². The second-order valence-corrected chi connectivity index (χ2v) is 3.69. The van der Waals surface area contributed by atoms with Crippen LogP contribution in [-0.2, 0) is 0 Å². The van der Waals surface area contributed by atoms with E-state index < -0.39 is 11.9 Å². The topological polar surface area (TPSA) is 20.2 Å². The quantitative estimate of drug-likeness (QED) is 0.763. The van der Waals surface area contributed by atoms with Gasteiger partial charge in [0, 0.05) is 4.90 Å². The fraction of sp³-hybridized carbons (Fsp3) is 0.333. The average molecular weight is 204 g/mol. The number of rotatable bonds is 3. The van der Waals surface area contributed by atoms with Crippen LogP contribution in [-0.4, -0.2) is 10.9 Å². The zero-order valence-electron chi connectivity index (χ0n) is 7.08. The molecule has 72 valence electrons. The van der Waals surface area contributed by atoms with Gasteiger partial charge >= 0.3 is 0 Å². The van der Waals surface area contributed by atoms with Crippen LogP contribution in [0.2, 0.25) is 0 Å². The number of thioether (sulfide) groups is 1. The molecule has 1 aromatic rings. The Kier molecular flexibility index (Phi) is 3.69. The maximum absolute atomic E-state index is 11.9. The Balaban J connectivity index is 2.70. The van der Waals surface area contributed by atoms with Crippen LogP contribution in [0.4, 0.5) is 8.78 Å². The van der Waals surface area contributed by atoms with Gasteiger partial charge in [-0.1, -0.05) is 23.9 Å². The normalized spacial score (nSPS) is 13.3. The molecule has 0 aliphatic heterocycles. The van der Waals surface area contributed by atoms with Crippen molar-refractivity contribution in [3.63, 3.8) is 0 Å². The Hall–Kier alpha value is -0.610. The highest BCUT2D eigenvalue weighted by Gasteiger charge is 2.05. The van der Waals surface area contributed by atoms with Crippen LogP contribution in [0.5, 0.6) is 0 Å². The van der Waals surface area contributed by atoms with E-state index in [1.54, 1.807) is 31.2 Å². The molecule has 1 N–H and O–H groups in total. The summed E-state index contributed by atoms with van der Waals surface area (Å²) in [6.45, 7) is 1.63. The van der Waals surface area contributed by atoms with Crippen LogP contribution < -0.4 is 0 Å². The molecule has 0 heterocycles. The first-order chi connectivity index (χ1) is 6.09. The van der Waals surface area contributed by atoms with E-state index in [0.29, 0.717) is 16.7 Å². The van der Waals surface area contributed by atoms with Crippen molar-refractivity contribution in [2.45, 2.75) is 23.7 Å². The van der Waals surface area contributed by atoms with Crippen LogP contribution in [0.15, 0.2) is 29.2 Å². The van der Waals surface area contributed by atoms with Gasteiger partial charge in [0.1, 0.15) is 0 Å². The van der Waals surface area contributed by atoms with E-state index in [1.807, 2.05) is 0 Å². The van der Waals surface area contributed by atoms with Crippen molar-refractivity contribution in [1.29, 1.82) is 0 Å². The van der Waals surface area contributed by atoms with Gasteiger partial charge in [0.2, 0.25) is 0 Å². The van der Waals surface area contributed by atoms with Crippen LogP contribution in [0.3, 0.4) is 0 Å². The molecule has 0 amide bonds. The third-order valence-corrected chi connectivity index (χ3v) is 2.31. The summed E-state index contributed by atoms with van der Waals surface area (Å²) < 4.78 is 23.8. The van der Waals surface area contributed by atoms with Gasteiger partial charge in [0.15, 0.2) is 0 Å². The maximum Gasteiger partial charge on any atom is 0.288 e. The zero-order chi connectivity index (χ0) is 9.84. The van der Waals surface area contributed by atoms with Crippen molar-refractivity contribution in [3.05, 3.63) is 29.8 Å². The molecule has 0 spiro atoms. The van der Waals surface area contributed by atoms with Crippen LogP contribution in [0, 0.1) is 0 Å². The van der Waals surface area contributed by atoms with Gasteiger partial charge in [0.25, 0.3) is 5.76 Å². The number of aliphatic hydroxyl groups excluding tert-OH is 1. The Morgan fingerprint density at radius 2 is 1.77 bits per heavy atom.